The van der Waals surface area contributed by atoms with E-state index in [1.165, 1.54) is 6.20 Å². The van der Waals surface area contributed by atoms with Gasteiger partial charge in [0.25, 0.3) is 5.91 Å². The number of amides is 2. The zero-order valence-corrected chi connectivity index (χ0v) is 23.3. The summed E-state index contributed by atoms with van der Waals surface area (Å²) in [6, 6.07) is 8.24. The van der Waals surface area contributed by atoms with Gasteiger partial charge in [0, 0.05) is 50.4 Å². The summed E-state index contributed by atoms with van der Waals surface area (Å²) in [6.07, 6.45) is 7.45. The van der Waals surface area contributed by atoms with Gasteiger partial charge in [0.1, 0.15) is 23.5 Å². The van der Waals surface area contributed by atoms with E-state index in [4.69, 9.17) is 0 Å². The number of aromatic nitrogens is 2. The number of nitrogens with zero attached hydrogens (tertiary/aromatic N) is 4. The molecule has 1 aliphatic carbocycles. The maximum atomic E-state index is 14.1. The molecular weight excluding hydrogens is 542 g/mol. The van der Waals surface area contributed by atoms with Crippen LogP contribution in [-0.4, -0.2) is 72.0 Å². The Morgan fingerprint density at radius 3 is 2.52 bits per heavy atom. The van der Waals surface area contributed by atoms with Crippen molar-refractivity contribution < 1.29 is 18.4 Å². The number of hydrogen-bond donors (Lipinski definition) is 4. The highest BCUT2D eigenvalue weighted by atomic mass is 19.1. The van der Waals surface area contributed by atoms with Crippen molar-refractivity contribution in [1.29, 1.82) is 0 Å². The Balaban J connectivity index is 1.08. The van der Waals surface area contributed by atoms with Crippen LogP contribution in [0.3, 0.4) is 0 Å². The van der Waals surface area contributed by atoms with Gasteiger partial charge >= 0.3 is 0 Å². The molecule has 2 amide bonds. The highest BCUT2D eigenvalue weighted by Crippen LogP contribution is 2.40. The van der Waals surface area contributed by atoms with Crippen molar-refractivity contribution >= 4 is 29.0 Å². The number of hydrazine groups is 1. The molecule has 4 heterocycles. The minimum Gasteiger partial charge on any atom is -0.354 e. The van der Waals surface area contributed by atoms with Crippen molar-refractivity contribution in [2.75, 3.05) is 48.8 Å². The molecule has 3 aliphatic rings. The Labute approximate surface area is 242 Å². The van der Waals surface area contributed by atoms with Gasteiger partial charge < -0.3 is 20.4 Å². The molecule has 1 aromatic carbocycles. The Morgan fingerprint density at radius 2 is 1.76 bits per heavy atom. The number of piperazine rings is 1. The first-order chi connectivity index (χ1) is 20.3. The summed E-state index contributed by atoms with van der Waals surface area (Å²) in [5, 5.41) is 5.68. The van der Waals surface area contributed by atoms with Gasteiger partial charge in [-0.05, 0) is 68.1 Å². The van der Waals surface area contributed by atoms with Crippen LogP contribution in [0.1, 0.15) is 41.1 Å². The van der Waals surface area contributed by atoms with Gasteiger partial charge in [0.2, 0.25) is 5.91 Å². The van der Waals surface area contributed by atoms with Gasteiger partial charge in [-0.1, -0.05) is 0 Å². The normalized spacial score (nSPS) is 24.2. The van der Waals surface area contributed by atoms with E-state index in [2.05, 4.69) is 48.3 Å². The number of halogens is 2. The summed E-state index contributed by atoms with van der Waals surface area (Å²) in [6.45, 7) is 3.84. The van der Waals surface area contributed by atoms with Crippen molar-refractivity contribution in [3.05, 3.63) is 77.8 Å². The maximum Gasteiger partial charge on any atom is 0.258 e. The monoisotopic (exact) mass is 576 g/mol. The third kappa shape index (κ3) is 6.10. The zero-order chi connectivity index (χ0) is 29.2. The van der Waals surface area contributed by atoms with Crippen LogP contribution in [0.2, 0.25) is 0 Å². The molecule has 6 rings (SSSR count). The summed E-state index contributed by atoms with van der Waals surface area (Å²) in [5.74, 6) is -1.39. The molecule has 4 N–H and O–H groups in total. The van der Waals surface area contributed by atoms with Crippen LogP contribution >= 0.6 is 0 Å². The van der Waals surface area contributed by atoms with Crippen molar-refractivity contribution in [2.45, 2.75) is 37.3 Å². The average molecular weight is 577 g/mol. The van der Waals surface area contributed by atoms with E-state index in [0.29, 0.717) is 17.4 Å². The lowest BCUT2D eigenvalue weighted by Gasteiger charge is -2.33. The molecule has 3 aromatic rings. The smallest absolute Gasteiger partial charge is 0.258 e. The molecule has 0 bridgehead atoms. The number of pyridine rings is 2. The number of likely N-dealkylation sites (N-methyl/N-ethyl adjacent to an activating group) is 1. The first-order valence-corrected chi connectivity index (χ1v) is 14.3. The van der Waals surface area contributed by atoms with Gasteiger partial charge in [0.05, 0.1) is 29.3 Å². The zero-order valence-electron chi connectivity index (χ0n) is 23.3. The Bertz CT molecular complexity index is 1450. The molecule has 4 unspecified atom stereocenters. The van der Waals surface area contributed by atoms with Crippen LogP contribution in [0.4, 0.5) is 26.0 Å². The Kier molecular flexibility index (Phi) is 8.09. The first kappa shape index (κ1) is 28.1. The third-order valence-corrected chi connectivity index (χ3v) is 8.54. The fourth-order valence-corrected chi connectivity index (χ4v) is 6.14. The second-order valence-electron chi connectivity index (χ2n) is 11.3. The average Bonchev–Trinajstić information content (AvgIpc) is 3.42. The summed E-state index contributed by atoms with van der Waals surface area (Å²) in [7, 11) is 2.11. The van der Waals surface area contributed by atoms with Crippen LogP contribution in [0, 0.1) is 17.6 Å². The van der Waals surface area contributed by atoms with Crippen molar-refractivity contribution in [3.8, 4) is 0 Å². The second kappa shape index (κ2) is 12.1. The minimum absolute atomic E-state index is 0.0490. The maximum absolute atomic E-state index is 14.1. The quantitative estimate of drug-likeness (QED) is 0.354. The molecule has 0 radical (unpaired) electrons. The fraction of sp³-hybridized carbons (Fsp3) is 0.400. The second-order valence-corrected chi connectivity index (χ2v) is 11.3. The summed E-state index contributed by atoms with van der Waals surface area (Å²) < 4.78 is 27.3. The molecular formula is C30H34F2N8O2. The summed E-state index contributed by atoms with van der Waals surface area (Å²) in [5.41, 5.74) is 8.25. The van der Waals surface area contributed by atoms with Gasteiger partial charge in [-0.3, -0.25) is 20.0 Å². The molecule has 1 saturated carbocycles. The lowest BCUT2D eigenvalue weighted by Crippen LogP contribution is -2.44. The number of hydrogen-bond acceptors (Lipinski definition) is 8. The lowest BCUT2D eigenvalue weighted by molar-refractivity contribution is -0.119. The number of carbonyl (C=O) groups excluding carboxylic acids is 2. The molecule has 3 fully saturated rings. The topological polar surface area (TPSA) is 115 Å². The van der Waals surface area contributed by atoms with E-state index < -0.39 is 23.6 Å². The molecule has 4 atom stereocenters. The van der Waals surface area contributed by atoms with E-state index in [0.717, 1.165) is 69.0 Å². The molecule has 0 spiro atoms. The van der Waals surface area contributed by atoms with Crippen molar-refractivity contribution in [3.63, 3.8) is 0 Å². The number of anilines is 3. The van der Waals surface area contributed by atoms with E-state index >= 15 is 0 Å². The van der Waals surface area contributed by atoms with E-state index in [-0.39, 0.29) is 29.3 Å². The van der Waals surface area contributed by atoms with E-state index in [9.17, 15) is 18.4 Å². The van der Waals surface area contributed by atoms with Crippen molar-refractivity contribution in [1.82, 2.24) is 25.7 Å². The third-order valence-electron chi connectivity index (χ3n) is 8.54. The number of benzene rings is 1. The summed E-state index contributed by atoms with van der Waals surface area (Å²) >= 11 is 0. The van der Waals surface area contributed by atoms with Gasteiger partial charge in [-0.2, -0.15) is 0 Å². The highest BCUT2D eigenvalue weighted by Gasteiger charge is 2.44. The lowest BCUT2D eigenvalue weighted by atomic mass is 9.73. The van der Waals surface area contributed by atoms with Crippen molar-refractivity contribution in [2.24, 2.45) is 5.92 Å². The Morgan fingerprint density at radius 1 is 0.929 bits per heavy atom. The van der Waals surface area contributed by atoms with Gasteiger partial charge in [-0.25, -0.2) is 19.2 Å². The van der Waals surface area contributed by atoms with Crippen LogP contribution in [0.15, 0.2) is 55.0 Å². The van der Waals surface area contributed by atoms with Crippen LogP contribution < -0.4 is 26.4 Å². The Hall–Kier alpha value is -4.00. The molecule has 220 valence electrons. The van der Waals surface area contributed by atoms with Crippen LogP contribution in [0.25, 0.3) is 0 Å². The fourth-order valence-electron chi connectivity index (χ4n) is 6.14. The van der Waals surface area contributed by atoms with E-state index in [1.54, 1.807) is 12.4 Å². The highest BCUT2D eigenvalue weighted by molar-refractivity contribution is 6.04. The minimum atomic E-state index is -0.928. The largest absolute Gasteiger partial charge is 0.354 e. The number of carbonyl (C=O) groups is 2. The molecule has 2 saturated heterocycles. The number of nitrogens with one attached hydrogen (secondary N) is 4. The standard InChI is InChI=1S/C30H34F2N8O2/c1-39-8-10-40(11-9-39)27-7-4-21(17-34-27)35-30(42)28-24-13-18(2-6-26(24)37-38-28)19-12-22(16-33-15-19)36-29(41)23-5-3-20(31)14-25(23)32/h3-5,7,12,14-18,24,26,28,37-38H,2,6,8-11,13H2,1H3,(H,35,42)(H,36,41). The number of fused-ring (bicyclic) bond motifs is 1. The predicted octanol–water partition coefficient (Wildman–Crippen LogP) is 3.13. The van der Waals surface area contributed by atoms with E-state index in [1.807, 2.05) is 18.2 Å². The molecule has 10 nitrogen and oxygen atoms in total. The number of rotatable bonds is 6. The first-order valence-electron chi connectivity index (χ1n) is 14.3. The van der Waals surface area contributed by atoms with Gasteiger partial charge in [0.15, 0.2) is 0 Å². The molecule has 12 heteroatoms. The molecule has 42 heavy (non-hydrogen) atoms. The molecule has 2 aromatic heterocycles. The SMILES string of the molecule is CN1CCN(c2ccc(NC(=O)C3NNC4CCC(c5cncc(NC(=O)c6ccc(F)cc6F)c5)CC43)cn2)CC1. The van der Waals surface area contributed by atoms with Gasteiger partial charge in [-0.15, -0.1) is 0 Å². The molecule has 2 aliphatic heterocycles. The van der Waals surface area contributed by atoms with Crippen LogP contribution in [0.5, 0.6) is 0 Å². The van der Waals surface area contributed by atoms with Crippen LogP contribution in [-0.2, 0) is 4.79 Å². The summed E-state index contributed by atoms with van der Waals surface area (Å²) in [4.78, 5) is 39.3. The predicted molar refractivity (Wildman–Crippen MR) is 155 cm³/mol.